The maximum absolute atomic E-state index is 4.33. The first kappa shape index (κ1) is 13.9. The predicted octanol–water partition coefficient (Wildman–Crippen LogP) is 4.04. The zero-order chi connectivity index (χ0) is 12.8. The molecule has 4 heteroatoms. The molecule has 0 aliphatic carbocycles. The van der Waals surface area contributed by atoms with E-state index in [0.29, 0.717) is 12.0 Å². The molecule has 17 heavy (non-hydrogen) atoms. The molecule has 94 valence electrons. The molecule has 0 saturated carbocycles. The predicted molar refractivity (Wildman–Crippen MR) is 73.6 cm³/mol. The second-order valence-corrected chi connectivity index (χ2v) is 5.59. The van der Waals surface area contributed by atoms with E-state index in [2.05, 4.69) is 43.2 Å². The zero-order valence-corrected chi connectivity index (χ0v) is 12.0. The third-order valence-corrected chi connectivity index (χ3v) is 3.07. The first-order chi connectivity index (χ1) is 8.00. The van der Waals surface area contributed by atoms with Crippen molar-refractivity contribution in [2.24, 2.45) is 0 Å². The van der Waals surface area contributed by atoms with Crippen molar-refractivity contribution in [3.63, 3.8) is 0 Å². The molecule has 0 aromatic carbocycles. The van der Waals surface area contributed by atoms with E-state index in [0.717, 1.165) is 0 Å². The summed E-state index contributed by atoms with van der Waals surface area (Å²) in [6.07, 6.45) is 3.75. The fourth-order valence-electron chi connectivity index (χ4n) is 1.23. The van der Waals surface area contributed by atoms with Crippen molar-refractivity contribution in [1.82, 2.24) is 14.8 Å². The highest BCUT2D eigenvalue weighted by Gasteiger charge is 2.00. The number of hydrogen-bond donors (Lipinski definition) is 0. The number of aromatic nitrogens is 3. The fourth-order valence-corrected chi connectivity index (χ4v) is 2.01. The number of rotatable bonds is 2. The minimum atomic E-state index is 0.491. The molecule has 0 atom stereocenters. The molecule has 3 nitrogen and oxygen atoms in total. The Morgan fingerprint density at radius 2 is 1.94 bits per heavy atom. The molecular formula is C13H21N3S. The van der Waals surface area contributed by atoms with Crippen LogP contribution >= 0.6 is 11.3 Å². The third kappa shape index (κ3) is 4.69. The topological polar surface area (TPSA) is 30.7 Å². The lowest BCUT2D eigenvalue weighted by atomic mass is 10.2. The summed E-state index contributed by atoms with van der Waals surface area (Å²) in [4.78, 5) is 4.33. The number of hydrogen-bond acceptors (Lipinski definition) is 3. The van der Waals surface area contributed by atoms with E-state index >= 15 is 0 Å². The summed E-state index contributed by atoms with van der Waals surface area (Å²) in [6.45, 7) is 10.6. The van der Waals surface area contributed by atoms with Crippen molar-refractivity contribution < 1.29 is 0 Å². The van der Waals surface area contributed by atoms with E-state index in [4.69, 9.17) is 0 Å². The van der Waals surface area contributed by atoms with Gasteiger partial charge in [-0.3, -0.25) is 4.68 Å². The summed E-state index contributed by atoms with van der Waals surface area (Å²) >= 11 is 1.72. The summed E-state index contributed by atoms with van der Waals surface area (Å²) in [5, 5.41) is 7.32. The molecule has 0 amide bonds. The third-order valence-electron chi connectivity index (χ3n) is 2.28. The molecule has 2 aromatic heterocycles. The Balaban J connectivity index is 0.000000171. The minimum absolute atomic E-state index is 0.491. The summed E-state index contributed by atoms with van der Waals surface area (Å²) in [6, 6.07) is 2.42. The van der Waals surface area contributed by atoms with Gasteiger partial charge < -0.3 is 0 Å². The minimum Gasteiger partial charge on any atom is -0.270 e. The average Bonchev–Trinajstić information content (AvgIpc) is 2.87. The van der Waals surface area contributed by atoms with Crippen LogP contribution in [-0.4, -0.2) is 14.8 Å². The van der Waals surface area contributed by atoms with Crippen molar-refractivity contribution in [2.75, 3.05) is 0 Å². The molecule has 0 radical (unpaired) electrons. The first-order valence-corrected chi connectivity index (χ1v) is 6.79. The van der Waals surface area contributed by atoms with Gasteiger partial charge in [0.1, 0.15) is 0 Å². The summed E-state index contributed by atoms with van der Waals surface area (Å²) < 4.78 is 1.92. The highest BCUT2D eigenvalue weighted by Crippen LogP contribution is 2.16. The van der Waals surface area contributed by atoms with Crippen molar-refractivity contribution in [2.45, 2.75) is 46.6 Å². The van der Waals surface area contributed by atoms with Gasteiger partial charge in [0.2, 0.25) is 0 Å². The Kier molecular flexibility index (Phi) is 5.35. The van der Waals surface area contributed by atoms with Crippen LogP contribution in [0.25, 0.3) is 0 Å². The summed E-state index contributed by atoms with van der Waals surface area (Å²) in [5.74, 6) is 0.579. The first-order valence-electron chi connectivity index (χ1n) is 5.92. The molecular weight excluding hydrogens is 230 g/mol. The van der Waals surface area contributed by atoms with Crippen LogP contribution in [0.2, 0.25) is 0 Å². The van der Waals surface area contributed by atoms with Gasteiger partial charge in [-0.25, -0.2) is 4.98 Å². The standard InChI is InChI=1S/C7H11NS.C6H10N2/c1-5(2)7-4-9-6(3)8-7;1-6(2)8-5-3-4-7-8/h4-5H,1-3H3;3-6H,1-2H3. The average molecular weight is 251 g/mol. The fraction of sp³-hybridized carbons (Fsp3) is 0.538. The van der Waals surface area contributed by atoms with E-state index in [9.17, 15) is 0 Å². The lowest BCUT2D eigenvalue weighted by Gasteiger charge is -2.01. The summed E-state index contributed by atoms with van der Waals surface area (Å²) in [5.41, 5.74) is 1.22. The molecule has 2 heterocycles. The Morgan fingerprint density at radius 3 is 2.18 bits per heavy atom. The zero-order valence-electron chi connectivity index (χ0n) is 11.2. The van der Waals surface area contributed by atoms with E-state index in [-0.39, 0.29) is 0 Å². The van der Waals surface area contributed by atoms with Gasteiger partial charge >= 0.3 is 0 Å². The molecule has 2 aromatic rings. The molecule has 0 fully saturated rings. The number of nitrogens with zero attached hydrogens (tertiary/aromatic N) is 3. The molecule has 0 unspecified atom stereocenters. The maximum Gasteiger partial charge on any atom is 0.0897 e. The van der Waals surface area contributed by atoms with Gasteiger partial charge in [0.15, 0.2) is 0 Å². The van der Waals surface area contributed by atoms with Crippen LogP contribution in [0.3, 0.4) is 0 Å². The summed E-state index contributed by atoms with van der Waals surface area (Å²) in [7, 11) is 0. The van der Waals surface area contributed by atoms with Gasteiger partial charge in [-0.1, -0.05) is 13.8 Å². The van der Waals surface area contributed by atoms with Crippen LogP contribution in [0.1, 0.15) is 50.4 Å². The van der Waals surface area contributed by atoms with Gasteiger partial charge in [0.05, 0.1) is 10.7 Å². The van der Waals surface area contributed by atoms with Gasteiger partial charge in [-0.2, -0.15) is 5.10 Å². The smallest absolute Gasteiger partial charge is 0.0897 e. The second-order valence-electron chi connectivity index (χ2n) is 4.53. The highest BCUT2D eigenvalue weighted by atomic mass is 32.1. The number of aryl methyl sites for hydroxylation is 1. The molecule has 0 bridgehead atoms. The van der Waals surface area contributed by atoms with Crippen LogP contribution in [-0.2, 0) is 0 Å². The van der Waals surface area contributed by atoms with Crippen LogP contribution in [0.15, 0.2) is 23.8 Å². The van der Waals surface area contributed by atoms with Crippen LogP contribution in [0.5, 0.6) is 0 Å². The van der Waals surface area contributed by atoms with E-state index in [1.165, 1.54) is 10.7 Å². The van der Waals surface area contributed by atoms with E-state index < -0.39 is 0 Å². The van der Waals surface area contributed by atoms with E-state index in [1.807, 2.05) is 23.9 Å². The highest BCUT2D eigenvalue weighted by molar-refractivity contribution is 7.09. The van der Waals surface area contributed by atoms with Crippen molar-refractivity contribution in [3.8, 4) is 0 Å². The molecule has 0 spiro atoms. The monoisotopic (exact) mass is 251 g/mol. The van der Waals surface area contributed by atoms with Crippen LogP contribution in [0, 0.1) is 6.92 Å². The molecule has 0 aliphatic rings. The molecule has 2 rings (SSSR count). The Morgan fingerprint density at radius 1 is 1.24 bits per heavy atom. The Labute approximate surface area is 108 Å². The lowest BCUT2D eigenvalue weighted by molar-refractivity contribution is 0.532. The van der Waals surface area contributed by atoms with Gasteiger partial charge in [0, 0.05) is 23.8 Å². The largest absolute Gasteiger partial charge is 0.270 e. The Bertz CT molecular complexity index is 416. The van der Waals surface area contributed by atoms with Crippen molar-refractivity contribution in [1.29, 1.82) is 0 Å². The molecule has 0 saturated heterocycles. The van der Waals surface area contributed by atoms with Crippen LogP contribution < -0.4 is 0 Å². The Hall–Kier alpha value is -1.16. The normalized spacial score (nSPS) is 10.5. The van der Waals surface area contributed by atoms with E-state index in [1.54, 1.807) is 17.5 Å². The quantitative estimate of drug-likeness (QED) is 0.806. The SMILES string of the molecule is CC(C)n1cccn1.Cc1nc(C(C)C)cs1. The van der Waals surface area contributed by atoms with Crippen molar-refractivity contribution >= 4 is 11.3 Å². The molecule has 0 N–H and O–H groups in total. The second kappa shape index (κ2) is 6.55. The van der Waals surface area contributed by atoms with Crippen LogP contribution in [0.4, 0.5) is 0 Å². The van der Waals surface area contributed by atoms with Gasteiger partial charge in [-0.15, -0.1) is 11.3 Å². The molecule has 0 aliphatic heterocycles. The maximum atomic E-state index is 4.33. The lowest BCUT2D eigenvalue weighted by Crippen LogP contribution is -1.99. The van der Waals surface area contributed by atoms with Gasteiger partial charge in [-0.05, 0) is 32.8 Å². The number of thiazole rings is 1. The van der Waals surface area contributed by atoms with Gasteiger partial charge in [0.25, 0.3) is 0 Å². The van der Waals surface area contributed by atoms with Crippen molar-refractivity contribution in [3.05, 3.63) is 34.5 Å².